The van der Waals surface area contributed by atoms with Crippen LogP contribution in [-0.2, 0) is 22.6 Å². The minimum absolute atomic E-state index is 0.161. The molecule has 2 aromatic carbocycles. The summed E-state index contributed by atoms with van der Waals surface area (Å²) in [7, 11) is 0. The average molecular weight is 807 g/mol. The van der Waals surface area contributed by atoms with Gasteiger partial charge in [-0.3, -0.25) is 19.8 Å². The van der Waals surface area contributed by atoms with E-state index in [1.165, 1.54) is 26.7 Å². The lowest BCUT2D eigenvalue weighted by Crippen LogP contribution is -2.24. The third-order valence-electron chi connectivity index (χ3n) is 9.84. The van der Waals surface area contributed by atoms with Crippen LogP contribution in [-0.4, -0.2) is 87.9 Å². The molecule has 2 amide bonds. The zero-order valence-corrected chi connectivity index (χ0v) is 33.2. The van der Waals surface area contributed by atoms with Gasteiger partial charge in [0.2, 0.25) is 11.6 Å². The van der Waals surface area contributed by atoms with Crippen LogP contribution in [0.1, 0.15) is 59.8 Å². The number of amides is 2. The number of halogens is 2. The Bertz CT molecular complexity index is 2390. The molecule has 4 aromatic heterocycles. The number of aromatic nitrogens is 10. The Labute approximate surface area is 339 Å². The number of ether oxygens (including phenoxy) is 2. The van der Waals surface area contributed by atoms with Gasteiger partial charge in [0.1, 0.15) is 35.2 Å². The third kappa shape index (κ3) is 9.21. The summed E-state index contributed by atoms with van der Waals surface area (Å²) in [6, 6.07) is 16.4. The van der Waals surface area contributed by atoms with Crippen LogP contribution >= 0.6 is 0 Å². The van der Waals surface area contributed by atoms with Crippen LogP contribution in [0.4, 0.5) is 29.7 Å². The van der Waals surface area contributed by atoms with Crippen molar-refractivity contribution in [2.45, 2.75) is 85.1 Å². The van der Waals surface area contributed by atoms with Crippen molar-refractivity contribution < 1.29 is 27.8 Å². The maximum absolute atomic E-state index is 14.8. The SMILES string of the molecule is CCCCn1nnc(-c2ccc(-c3ccc(N4C[C@H](CC)OC4=O)cc3F)cn2)n1.CCCn1nnc(-c2ccc(-c3ccc(N4C[C@H](CC)OC4=O)cc3F)cn2)n1. The van der Waals surface area contributed by atoms with Crippen molar-refractivity contribution in [3.8, 4) is 45.3 Å². The van der Waals surface area contributed by atoms with Gasteiger partial charge in [-0.25, -0.2) is 18.4 Å². The number of aryl methyl sites for hydroxylation is 2. The molecule has 16 nitrogen and oxygen atoms in total. The summed E-state index contributed by atoms with van der Waals surface area (Å²) >= 11 is 0. The molecular weight excluding hydrogens is 763 g/mol. The summed E-state index contributed by atoms with van der Waals surface area (Å²) in [4.78, 5) is 38.7. The van der Waals surface area contributed by atoms with Crippen LogP contribution in [0.3, 0.4) is 0 Å². The minimum atomic E-state index is -0.446. The van der Waals surface area contributed by atoms with Crippen molar-refractivity contribution in [3.63, 3.8) is 0 Å². The molecule has 0 radical (unpaired) electrons. The highest BCUT2D eigenvalue weighted by atomic mass is 19.1. The predicted octanol–water partition coefficient (Wildman–Crippen LogP) is 7.76. The Balaban J connectivity index is 0.000000179. The van der Waals surface area contributed by atoms with Gasteiger partial charge in [-0.2, -0.15) is 9.59 Å². The van der Waals surface area contributed by atoms with Crippen LogP contribution in [0, 0.1) is 11.6 Å². The number of rotatable bonds is 13. The van der Waals surface area contributed by atoms with E-state index in [1.807, 2.05) is 20.8 Å². The lowest BCUT2D eigenvalue weighted by atomic mass is 10.1. The summed E-state index contributed by atoms with van der Waals surface area (Å²) in [5, 5.41) is 24.6. The number of tetrazole rings is 2. The molecule has 2 atom stereocenters. The van der Waals surface area contributed by atoms with Gasteiger partial charge in [0, 0.05) is 34.6 Å². The topological polar surface area (TPSA) is 172 Å². The quantitative estimate of drug-likeness (QED) is 0.111. The number of pyridine rings is 2. The van der Waals surface area contributed by atoms with Gasteiger partial charge < -0.3 is 9.47 Å². The monoisotopic (exact) mass is 806 g/mol. The van der Waals surface area contributed by atoms with Crippen molar-refractivity contribution in [2.75, 3.05) is 22.9 Å². The molecule has 2 aliphatic heterocycles. The van der Waals surface area contributed by atoms with Gasteiger partial charge in [0.05, 0.1) is 37.6 Å². The fraction of sp³-hybridized carbons (Fsp3) is 0.366. The Morgan fingerprint density at radius 3 is 1.47 bits per heavy atom. The first-order valence-corrected chi connectivity index (χ1v) is 19.7. The molecule has 0 saturated carbocycles. The van der Waals surface area contributed by atoms with E-state index in [4.69, 9.17) is 9.47 Å². The van der Waals surface area contributed by atoms with E-state index in [1.54, 1.807) is 65.7 Å². The predicted molar refractivity (Wildman–Crippen MR) is 214 cm³/mol. The Morgan fingerprint density at radius 2 is 1.10 bits per heavy atom. The first-order valence-electron chi connectivity index (χ1n) is 19.7. The summed E-state index contributed by atoms with van der Waals surface area (Å²) in [5.41, 5.74) is 4.14. The number of cyclic esters (lactones) is 2. The number of nitrogens with zero attached hydrogens (tertiary/aromatic N) is 12. The molecule has 0 unspecified atom stereocenters. The van der Waals surface area contributed by atoms with Gasteiger partial charge in [0.15, 0.2) is 0 Å². The number of hydrogen-bond acceptors (Lipinski definition) is 12. The van der Waals surface area contributed by atoms with E-state index in [2.05, 4.69) is 47.7 Å². The van der Waals surface area contributed by atoms with Crippen LogP contribution in [0.2, 0.25) is 0 Å². The maximum atomic E-state index is 14.8. The molecule has 6 aromatic rings. The smallest absolute Gasteiger partial charge is 0.414 e. The zero-order valence-electron chi connectivity index (χ0n) is 33.2. The molecule has 306 valence electrons. The van der Waals surface area contributed by atoms with Crippen molar-refractivity contribution in [1.82, 2.24) is 50.4 Å². The standard InChI is InChI=1S/C21H23FN6O2.C20H21FN6O2/c1-3-5-10-28-25-20(24-26-28)19-9-6-14(12-23-19)17-8-7-15(11-18(17)22)27-13-16(4-2)30-21(27)29;1-3-9-27-24-19(23-25-27)18-8-5-13(11-22-18)16-7-6-14(10-17(16)21)26-12-15(4-2)29-20(26)28/h6-9,11-12,16H,3-5,10,13H2,1-2H3;5-8,10-11,15H,3-4,9,12H2,1-2H3/t16-;15-/m00/s1. The van der Waals surface area contributed by atoms with Gasteiger partial charge in [-0.05, 0) is 84.6 Å². The molecular formula is C41H44F2N12O4. The van der Waals surface area contributed by atoms with Crippen LogP contribution in [0.25, 0.3) is 45.3 Å². The lowest BCUT2D eigenvalue weighted by Gasteiger charge is -2.14. The summed E-state index contributed by atoms with van der Waals surface area (Å²) in [5.74, 6) is 0.000545. The molecule has 2 fully saturated rings. The normalized spacial score (nSPS) is 16.2. The maximum Gasteiger partial charge on any atom is 0.414 e. The number of carbonyl (C=O) groups is 2. The van der Waals surface area contributed by atoms with Gasteiger partial charge >= 0.3 is 12.2 Å². The van der Waals surface area contributed by atoms with Gasteiger partial charge in [-0.15, -0.1) is 20.4 Å². The summed E-state index contributed by atoms with van der Waals surface area (Å²) in [6.45, 7) is 10.3. The minimum Gasteiger partial charge on any atom is -0.444 e. The zero-order chi connectivity index (χ0) is 41.5. The molecule has 8 rings (SSSR count). The molecule has 0 bridgehead atoms. The van der Waals surface area contributed by atoms with Crippen LogP contribution in [0.15, 0.2) is 73.1 Å². The van der Waals surface area contributed by atoms with Crippen LogP contribution < -0.4 is 9.80 Å². The molecule has 6 heterocycles. The molecule has 0 spiro atoms. The summed E-state index contributed by atoms with van der Waals surface area (Å²) < 4.78 is 40.0. The number of benzene rings is 2. The Hall–Kier alpha value is -6.72. The average Bonchev–Trinajstić information content (AvgIpc) is 4.08. The molecule has 0 N–H and O–H groups in total. The van der Waals surface area contributed by atoms with E-state index in [0.29, 0.717) is 82.8 Å². The third-order valence-corrected chi connectivity index (χ3v) is 9.84. The van der Waals surface area contributed by atoms with E-state index in [-0.39, 0.29) is 12.2 Å². The molecule has 2 saturated heterocycles. The fourth-order valence-corrected chi connectivity index (χ4v) is 6.45. The van der Waals surface area contributed by atoms with E-state index >= 15 is 0 Å². The van der Waals surface area contributed by atoms with Crippen molar-refractivity contribution in [1.29, 1.82) is 0 Å². The molecule has 18 heteroatoms. The largest absolute Gasteiger partial charge is 0.444 e. The van der Waals surface area contributed by atoms with E-state index in [0.717, 1.165) is 32.1 Å². The Kier molecular flexibility index (Phi) is 12.5. The van der Waals surface area contributed by atoms with Gasteiger partial charge in [-0.1, -0.05) is 46.2 Å². The Morgan fingerprint density at radius 1 is 0.627 bits per heavy atom. The number of anilines is 2. The van der Waals surface area contributed by atoms with E-state index in [9.17, 15) is 18.4 Å². The fourth-order valence-electron chi connectivity index (χ4n) is 6.45. The second-order valence-electron chi connectivity index (χ2n) is 14.0. The highest BCUT2D eigenvalue weighted by Crippen LogP contribution is 2.31. The summed E-state index contributed by atoms with van der Waals surface area (Å²) in [6.07, 6.45) is 6.32. The van der Waals surface area contributed by atoms with Crippen LogP contribution in [0.5, 0.6) is 0 Å². The highest BCUT2D eigenvalue weighted by Gasteiger charge is 2.32. The highest BCUT2D eigenvalue weighted by molar-refractivity contribution is 5.91. The number of hydrogen-bond donors (Lipinski definition) is 0. The number of carbonyl (C=O) groups excluding carboxylic acids is 2. The second-order valence-corrected chi connectivity index (χ2v) is 14.0. The molecule has 0 aliphatic carbocycles. The van der Waals surface area contributed by atoms with E-state index < -0.39 is 23.8 Å². The van der Waals surface area contributed by atoms with Crippen molar-refractivity contribution in [3.05, 3.63) is 84.7 Å². The van der Waals surface area contributed by atoms with Gasteiger partial charge in [0.25, 0.3) is 0 Å². The first kappa shape index (κ1) is 40.5. The lowest BCUT2D eigenvalue weighted by molar-refractivity contribution is 0.138. The van der Waals surface area contributed by atoms with Crippen molar-refractivity contribution in [2.24, 2.45) is 0 Å². The van der Waals surface area contributed by atoms with Crippen molar-refractivity contribution >= 4 is 23.6 Å². The first-order chi connectivity index (χ1) is 28.7. The number of unbranched alkanes of at least 4 members (excludes halogenated alkanes) is 1. The molecule has 59 heavy (non-hydrogen) atoms. The second kappa shape index (κ2) is 18.3. The molecule has 2 aliphatic rings.